The van der Waals surface area contributed by atoms with Crippen LogP contribution in [0, 0.1) is 11.5 Å². The van der Waals surface area contributed by atoms with E-state index in [-0.39, 0.29) is 12.3 Å². The molecule has 1 aliphatic rings. The summed E-state index contributed by atoms with van der Waals surface area (Å²) in [6.07, 6.45) is 6.71. The summed E-state index contributed by atoms with van der Waals surface area (Å²) >= 11 is 5.95. The van der Waals surface area contributed by atoms with Crippen LogP contribution in [0.3, 0.4) is 0 Å². The molecule has 1 aromatic carbocycles. The van der Waals surface area contributed by atoms with Crippen LogP contribution in [0.1, 0.15) is 17.5 Å². The number of nitriles is 1. The summed E-state index contributed by atoms with van der Waals surface area (Å²) in [6, 6.07) is 7.23. The Bertz CT molecular complexity index is 984. The molecule has 1 aromatic heterocycles. The maximum Gasteiger partial charge on any atom is 0.229 e. The first-order chi connectivity index (χ1) is 14.0. The van der Waals surface area contributed by atoms with E-state index in [4.69, 9.17) is 26.3 Å². The van der Waals surface area contributed by atoms with Crippen molar-refractivity contribution in [2.45, 2.75) is 12.8 Å². The molecule has 8 heteroatoms. The predicted octanol–water partition coefficient (Wildman–Crippen LogP) is 3.50. The van der Waals surface area contributed by atoms with Crippen molar-refractivity contribution in [2.75, 3.05) is 32.6 Å². The third kappa shape index (κ3) is 4.98. The van der Waals surface area contributed by atoms with E-state index in [1.54, 1.807) is 18.1 Å². The molecule has 0 atom stereocenters. The number of methoxy groups -OCH3 is 2. The molecule has 0 aliphatic carbocycles. The minimum atomic E-state index is -0.218. The Morgan fingerprint density at radius 1 is 1.31 bits per heavy atom. The van der Waals surface area contributed by atoms with Gasteiger partial charge in [0.1, 0.15) is 22.3 Å². The number of nitrogens with zero attached hydrogens (tertiary/aromatic N) is 3. The van der Waals surface area contributed by atoms with Crippen LogP contribution in [-0.2, 0) is 11.2 Å². The number of ether oxygens (including phenoxy) is 2. The van der Waals surface area contributed by atoms with Gasteiger partial charge in [0.05, 0.1) is 33.4 Å². The fourth-order valence-electron chi connectivity index (χ4n) is 3.15. The normalized spacial score (nSPS) is 13.3. The summed E-state index contributed by atoms with van der Waals surface area (Å²) in [6.45, 7) is 1.28. The summed E-state index contributed by atoms with van der Waals surface area (Å²) in [4.78, 5) is 18.2. The largest absolute Gasteiger partial charge is 0.496 e. The number of aromatic nitrogens is 1. The van der Waals surface area contributed by atoms with E-state index in [0.717, 1.165) is 29.7 Å². The molecule has 0 saturated heterocycles. The molecule has 0 saturated carbocycles. The van der Waals surface area contributed by atoms with Crippen molar-refractivity contribution >= 4 is 28.9 Å². The van der Waals surface area contributed by atoms with Crippen molar-refractivity contribution in [1.29, 1.82) is 5.26 Å². The van der Waals surface area contributed by atoms with Gasteiger partial charge in [-0.05, 0) is 23.6 Å². The molecule has 3 rings (SSSR count). The van der Waals surface area contributed by atoms with Crippen LogP contribution in [-0.4, -0.2) is 43.1 Å². The number of anilines is 1. The Morgan fingerprint density at radius 2 is 2.10 bits per heavy atom. The van der Waals surface area contributed by atoms with Gasteiger partial charge in [0, 0.05) is 18.2 Å². The maximum atomic E-state index is 12.4. The average Bonchev–Trinajstić information content (AvgIpc) is 2.74. The molecular formula is C21H21ClN4O3. The van der Waals surface area contributed by atoms with E-state index >= 15 is 0 Å². The van der Waals surface area contributed by atoms with Gasteiger partial charge in [-0.2, -0.15) is 5.26 Å². The molecule has 1 aliphatic heterocycles. The topological polar surface area (TPSA) is 87.5 Å². The molecular weight excluding hydrogens is 392 g/mol. The number of rotatable bonds is 6. The first kappa shape index (κ1) is 20.5. The number of carbonyl (C=O) groups excluding carboxylic acids is 1. The van der Waals surface area contributed by atoms with Crippen LogP contribution in [0.4, 0.5) is 5.82 Å². The first-order valence-electron chi connectivity index (χ1n) is 9.04. The van der Waals surface area contributed by atoms with Gasteiger partial charge in [-0.15, -0.1) is 0 Å². The van der Waals surface area contributed by atoms with E-state index < -0.39 is 0 Å². The Labute approximate surface area is 174 Å². The molecule has 0 unspecified atom stereocenters. The molecule has 0 radical (unpaired) electrons. The third-order valence-electron chi connectivity index (χ3n) is 4.58. The quantitative estimate of drug-likeness (QED) is 0.730. The molecule has 150 valence electrons. The van der Waals surface area contributed by atoms with Gasteiger partial charge in [0.15, 0.2) is 6.19 Å². The third-order valence-corrected chi connectivity index (χ3v) is 4.86. The number of nitrogens with one attached hydrogen (secondary N) is 1. The molecule has 2 heterocycles. The Hall–Kier alpha value is -3.24. The highest BCUT2D eigenvalue weighted by Crippen LogP contribution is 2.30. The minimum absolute atomic E-state index is 0.159. The number of amides is 1. The lowest BCUT2D eigenvalue weighted by atomic mass is 9.98. The summed E-state index contributed by atoms with van der Waals surface area (Å²) in [5.41, 5.74) is 2.78. The van der Waals surface area contributed by atoms with Crippen LogP contribution in [0.2, 0.25) is 5.02 Å². The molecule has 0 bridgehead atoms. The number of hydrogen-bond acceptors (Lipinski definition) is 6. The van der Waals surface area contributed by atoms with Gasteiger partial charge in [-0.25, -0.2) is 4.98 Å². The minimum Gasteiger partial charge on any atom is -0.496 e. The SMILES string of the molecule is COc1cc(NC(=O)Cc2ccc(C3=CCCN(C#N)C3)c(OC)c2)ncc1Cl. The number of carbonyl (C=O) groups is 1. The standard InChI is InChI=1S/C21H21ClN4O3/c1-28-18-8-14(5-6-16(18)15-4-3-7-26(12-15)13-23)9-21(27)25-20-10-19(29-2)17(22)11-24-20/h4-6,8,10-11H,3,7,9,12H2,1-2H3,(H,24,25,27). The molecule has 1 amide bonds. The van der Waals surface area contributed by atoms with Gasteiger partial charge in [-0.3, -0.25) is 4.79 Å². The highest BCUT2D eigenvalue weighted by Gasteiger charge is 2.17. The number of hydrogen-bond donors (Lipinski definition) is 1. The summed E-state index contributed by atoms with van der Waals surface area (Å²) < 4.78 is 10.7. The van der Waals surface area contributed by atoms with Crippen LogP contribution in [0.25, 0.3) is 5.57 Å². The summed E-state index contributed by atoms with van der Waals surface area (Å²) in [7, 11) is 3.09. The second-order valence-corrected chi connectivity index (χ2v) is 6.91. The zero-order valence-electron chi connectivity index (χ0n) is 16.2. The van der Waals surface area contributed by atoms with E-state index in [0.29, 0.717) is 28.9 Å². The highest BCUT2D eigenvalue weighted by molar-refractivity contribution is 6.32. The van der Waals surface area contributed by atoms with E-state index in [1.165, 1.54) is 13.3 Å². The lowest BCUT2D eigenvalue weighted by Crippen LogP contribution is -2.24. The molecule has 29 heavy (non-hydrogen) atoms. The van der Waals surface area contributed by atoms with Crippen molar-refractivity contribution in [3.63, 3.8) is 0 Å². The molecule has 1 N–H and O–H groups in total. The second kappa shape index (κ2) is 9.30. The summed E-state index contributed by atoms with van der Waals surface area (Å²) in [5.74, 6) is 1.26. The maximum absolute atomic E-state index is 12.4. The van der Waals surface area contributed by atoms with Crippen molar-refractivity contribution in [2.24, 2.45) is 0 Å². The Balaban J connectivity index is 1.72. The lowest BCUT2D eigenvalue weighted by molar-refractivity contribution is -0.115. The fraction of sp³-hybridized carbons (Fsp3) is 0.286. The van der Waals surface area contributed by atoms with Crippen molar-refractivity contribution in [3.05, 3.63) is 52.7 Å². The second-order valence-electron chi connectivity index (χ2n) is 6.50. The van der Waals surface area contributed by atoms with Crippen molar-refractivity contribution in [3.8, 4) is 17.7 Å². The number of halogens is 1. The zero-order chi connectivity index (χ0) is 20.8. The van der Waals surface area contributed by atoms with E-state index in [2.05, 4.69) is 22.6 Å². The monoisotopic (exact) mass is 412 g/mol. The van der Waals surface area contributed by atoms with Gasteiger partial charge in [0.25, 0.3) is 0 Å². The Morgan fingerprint density at radius 3 is 2.83 bits per heavy atom. The van der Waals surface area contributed by atoms with E-state index in [9.17, 15) is 4.79 Å². The lowest BCUT2D eigenvalue weighted by Gasteiger charge is -2.23. The van der Waals surface area contributed by atoms with Crippen molar-refractivity contribution in [1.82, 2.24) is 9.88 Å². The highest BCUT2D eigenvalue weighted by atomic mass is 35.5. The van der Waals surface area contributed by atoms with Gasteiger partial charge in [-0.1, -0.05) is 29.8 Å². The molecule has 0 fully saturated rings. The van der Waals surface area contributed by atoms with Crippen LogP contribution >= 0.6 is 11.6 Å². The van der Waals surface area contributed by atoms with Gasteiger partial charge in [0.2, 0.25) is 5.91 Å². The number of pyridine rings is 1. The predicted molar refractivity (Wildman–Crippen MR) is 111 cm³/mol. The van der Waals surface area contributed by atoms with Gasteiger partial charge >= 0.3 is 0 Å². The zero-order valence-corrected chi connectivity index (χ0v) is 17.0. The van der Waals surface area contributed by atoms with Crippen LogP contribution in [0.15, 0.2) is 36.5 Å². The molecule has 0 spiro atoms. The smallest absolute Gasteiger partial charge is 0.229 e. The van der Waals surface area contributed by atoms with Crippen LogP contribution in [0.5, 0.6) is 11.5 Å². The Kier molecular flexibility index (Phi) is 6.57. The van der Waals surface area contributed by atoms with Crippen molar-refractivity contribution < 1.29 is 14.3 Å². The number of benzene rings is 1. The fourth-order valence-corrected chi connectivity index (χ4v) is 3.33. The van der Waals surface area contributed by atoms with Gasteiger partial charge < -0.3 is 19.7 Å². The average molecular weight is 413 g/mol. The summed E-state index contributed by atoms with van der Waals surface area (Å²) in [5, 5.41) is 12.3. The van der Waals surface area contributed by atoms with E-state index in [1.807, 2.05) is 18.2 Å². The van der Waals surface area contributed by atoms with Crippen LogP contribution < -0.4 is 14.8 Å². The molecule has 7 nitrogen and oxygen atoms in total. The first-order valence-corrected chi connectivity index (χ1v) is 9.42. The molecule has 2 aromatic rings.